The fraction of sp³-hybridized carbons (Fsp3) is 0.154. The molecule has 2 aromatic carbocycles. The van der Waals surface area contributed by atoms with Crippen molar-refractivity contribution in [2.75, 3.05) is 0 Å². The highest BCUT2D eigenvalue weighted by molar-refractivity contribution is 9.10. The summed E-state index contributed by atoms with van der Waals surface area (Å²) in [4.78, 5) is 10.7. The summed E-state index contributed by atoms with van der Waals surface area (Å²) in [5.74, 6) is -0.891. The molecule has 1 atom stereocenters. The fourth-order valence-corrected chi connectivity index (χ4v) is 2.62. The van der Waals surface area contributed by atoms with E-state index in [1.54, 1.807) is 0 Å². The van der Waals surface area contributed by atoms with Crippen molar-refractivity contribution in [1.29, 1.82) is 0 Å². The zero-order valence-corrected chi connectivity index (χ0v) is 10.6. The Hall–Kier alpha value is -1.39. The van der Waals surface area contributed by atoms with E-state index in [4.69, 9.17) is 10.8 Å². The molecule has 4 heteroatoms. The van der Waals surface area contributed by atoms with Gasteiger partial charge < -0.3 is 10.8 Å². The molecule has 3 N–H and O–H groups in total. The van der Waals surface area contributed by atoms with Crippen LogP contribution in [0.4, 0.5) is 0 Å². The van der Waals surface area contributed by atoms with Crippen molar-refractivity contribution < 1.29 is 9.90 Å². The molecule has 0 spiro atoms. The Balaban J connectivity index is 2.48. The summed E-state index contributed by atoms with van der Waals surface area (Å²) in [6.07, 6.45) is -0.0725. The Morgan fingerprint density at radius 1 is 1.29 bits per heavy atom. The van der Waals surface area contributed by atoms with E-state index in [0.29, 0.717) is 0 Å². The monoisotopic (exact) mass is 293 g/mol. The van der Waals surface area contributed by atoms with Crippen molar-refractivity contribution in [2.45, 2.75) is 12.5 Å². The molecule has 0 fully saturated rings. The average Bonchev–Trinajstić information content (AvgIpc) is 2.28. The van der Waals surface area contributed by atoms with Crippen LogP contribution in [0.15, 0.2) is 40.9 Å². The summed E-state index contributed by atoms with van der Waals surface area (Å²) < 4.78 is 0.879. The predicted molar refractivity (Wildman–Crippen MR) is 70.8 cm³/mol. The summed E-state index contributed by atoms with van der Waals surface area (Å²) in [7, 11) is 0. The van der Waals surface area contributed by atoms with Gasteiger partial charge in [-0.15, -0.1) is 0 Å². The number of benzene rings is 2. The Morgan fingerprint density at radius 2 is 2.00 bits per heavy atom. The number of rotatable bonds is 3. The highest BCUT2D eigenvalue weighted by Gasteiger charge is 2.14. The van der Waals surface area contributed by atoms with Gasteiger partial charge in [-0.3, -0.25) is 4.79 Å². The molecule has 0 heterocycles. The van der Waals surface area contributed by atoms with Gasteiger partial charge in [-0.2, -0.15) is 0 Å². The van der Waals surface area contributed by atoms with E-state index in [1.165, 1.54) is 0 Å². The predicted octanol–water partition coefficient (Wildman–Crippen LogP) is 3.08. The molecular weight excluding hydrogens is 282 g/mol. The van der Waals surface area contributed by atoms with Crippen molar-refractivity contribution in [2.24, 2.45) is 5.73 Å². The molecule has 0 amide bonds. The van der Waals surface area contributed by atoms with Crippen LogP contribution in [0.5, 0.6) is 0 Å². The molecule has 0 aromatic heterocycles. The number of carbonyl (C=O) groups is 1. The zero-order valence-electron chi connectivity index (χ0n) is 9.06. The van der Waals surface area contributed by atoms with Crippen LogP contribution in [-0.2, 0) is 4.79 Å². The van der Waals surface area contributed by atoms with Gasteiger partial charge in [-0.1, -0.05) is 36.4 Å². The average molecular weight is 294 g/mol. The van der Waals surface area contributed by atoms with E-state index in [9.17, 15) is 4.79 Å². The third-order valence-corrected chi connectivity index (χ3v) is 3.57. The lowest BCUT2D eigenvalue weighted by atomic mass is 10.0. The molecule has 2 aromatic rings. The maximum absolute atomic E-state index is 10.7. The minimum atomic E-state index is -0.891. The molecule has 0 saturated carbocycles. The van der Waals surface area contributed by atoms with Gasteiger partial charge in [0.15, 0.2) is 0 Å². The first-order chi connectivity index (χ1) is 8.09. The van der Waals surface area contributed by atoms with Crippen LogP contribution in [0.3, 0.4) is 0 Å². The van der Waals surface area contributed by atoms with E-state index in [1.807, 2.05) is 36.4 Å². The van der Waals surface area contributed by atoms with Gasteiger partial charge in [0.25, 0.3) is 0 Å². The molecule has 0 unspecified atom stereocenters. The number of fused-ring (bicyclic) bond motifs is 1. The summed E-state index contributed by atoms with van der Waals surface area (Å²) in [5.41, 5.74) is 6.70. The van der Waals surface area contributed by atoms with E-state index < -0.39 is 12.0 Å². The third kappa shape index (κ3) is 2.48. The molecule has 17 heavy (non-hydrogen) atoms. The van der Waals surface area contributed by atoms with E-state index in [-0.39, 0.29) is 6.42 Å². The van der Waals surface area contributed by atoms with Gasteiger partial charge in [-0.05, 0) is 32.3 Å². The van der Waals surface area contributed by atoms with Crippen LogP contribution >= 0.6 is 15.9 Å². The first-order valence-electron chi connectivity index (χ1n) is 5.24. The quantitative estimate of drug-likeness (QED) is 0.914. The van der Waals surface area contributed by atoms with Crippen LogP contribution in [0.1, 0.15) is 18.0 Å². The van der Waals surface area contributed by atoms with Crippen LogP contribution in [0.25, 0.3) is 10.8 Å². The van der Waals surface area contributed by atoms with Gasteiger partial charge in [0, 0.05) is 10.5 Å². The second-order valence-corrected chi connectivity index (χ2v) is 4.69. The SMILES string of the molecule is N[C@H](CC(=O)O)c1ccc2ccccc2c1Br. The highest BCUT2D eigenvalue weighted by Crippen LogP contribution is 2.31. The van der Waals surface area contributed by atoms with Crippen molar-refractivity contribution in [3.05, 3.63) is 46.4 Å². The number of carboxylic acid groups (broad SMARTS) is 1. The standard InChI is InChI=1S/C13H12BrNO2/c14-13-9-4-2-1-3-8(9)5-6-10(13)11(15)7-12(16)17/h1-6,11H,7,15H2,(H,16,17)/t11-/m1/s1. The topological polar surface area (TPSA) is 63.3 Å². The second-order valence-electron chi connectivity index (χ2n) is 3.89. The van der Waals surface area contributed by atoms with Crippen molar-refractivity contribution >= 4 is 32.7 Å². The zero-order chi connectivity index (χ0) is 12.4. The van der Waals surface area contributed by atoms with Crippen molar-refractivity contribution in [1.82, 2.24) is 0 Å². The molecule has 2 rings (SSSR count). The number of nitrogens with two attached hydrogens (primary N) is 1. The highest BCUT2D eigenvalue weighted by atomic mass is 79.9. The summed E-state index contributed by atoms with van der Waals surface area (Å²) in [6.45, 7) is 0. The smallest absolute Gasteiger partial charge is 0.305 e. The number of halogens is 1. The molecule has 88 valence electrons. The van der Waals surface area contributed by atoms with Gasteiger partial charge in [0.2, 0.25) is 0 Å². The molecule has 0 aliphatic carbocycles. The minimum absolute atomic E-state index is 0.0725. The van der Waals surface area contributed by atoms with E-state index in [2.05, 4.69) is 15.9 Å². The summed E-state index contributed by atoms with van der Waals surface area (Å²) in [6, 6.07) is 11.2. The van der Waals surface area contributed by atoms with Gasteiger partial charge in [0.05, 0.1) is 6.42 Å². The van der Waals surface area contributed by atoms with Crippen molar-refractivity contribution in [3.8, 4) is 0 Å². The number of hydrogen-bond acceptors (Lipinski definition) is 2. The Bertz CT molecular complexity index is 568. The van der Waals surface area contributed by atoms with Gasteiger partial charge in [-0.25, -0.2) is 0 Å². The number of carboxylic acids is 1. The molecule has 3 nitrogen and oxygen atoms in total. The maximum Gasteiger partial charge on any atom is 0.305 e. The van der Waals surface area contributed by atoms with Crippen molar-refractivity contribution in [3.63, 3.8) is 0 Å². The third-order valence-electron chi connectivity index (χ3n) is 2.69. The number of aliphatic carboxylic acids is 1. The Labute approximate surface area is 107 Å². The molecule has 0 radical (unpaired) electrons. The molecular formula is C13H12BrNO2. The summed E-state index contributed by atoms with van der Waals surface area (Å²) in [5, 5.41) is 10.9. The lowest BCUT2D eigenvalue weighted by Crippen LogP contribution is -2.15. The van der Waals surface area contributed by atoms with Crippen LogP contribution < -0.4 is 5.73 Å². The normalized spacial score (nSPS) is 12.6. The maximum atomic E-state index is 10.7. The molecule has 0 aliphatic rings. The van der Waals surface area contributed by atoms with E-state index in [0.717, 1.165) is 20.8 Å². The first-order valence-corrected chi connectivity index (χ1v) is 6.03. The van der Waals surface area contributed by atoms with Gasteiger partial charge >= 0.3 is 5.97 Å². The fourth-order valence-electron chi connectivity index (χ4n) is 1.83. The summed E-state index contributed by atoms with van der Waals surface area (Å²) >= 11 is 3.50. The molecule has 0 bridgehead atoms. The van der Waals surface area contributed by atoms with Crippen LogP contribution in [0.2, 0.25) is 0 Å². The minimum Gasteiger partial charge on any atom is -0.481 e. The van der Waals surface area contributed by atoms with E-state index >= 15 is 0 Å². The Kier molecular flexibility index (Phi) is 3.45. The second kappa shape index (κ2) is 4.85. The number of hydrogen-bond donors (Lipinski definition) is 2. The van der Waals surface area contributed by atoms with Crippen LogP contribution in [-0.4, -0.2) is 11.1 Å². The van der Waals surface area contributed by atoms with Gasteiger partial charge in [0.1, 0.15) is 0 Å². The molecule has 0 aliphatic heterocycles. The Morgan fingerprint density at radius 3 is 2.71 bits per heavy atom. The lowest BCUT2D eigenvalue weighted by molar-refractivity contribution is -0.137. The lowest BCUT2D eigenvalue weighted by Gasteiger charge is -2.13. The van der Waals surface area contributed by atoms with Crippen LogP contribution in [0, 0.1) is 0 Å². The largest absolute Gasteiger partial charge is 0.481 e. The first kappa shape index (κ1) is 12.1. The molecule has 0 saturated heterocycles.